The van der Waals surface area contributed by atoms with Gasteiger partial charge < -0.3 is 5.32 Å². The van der Waals surface area contributed by atoms with Gasteiger partial charge in [-0.15, -0.1) is 11.3 Å². The van der Waals surface area contributed by atoms with Gasteiger partial charge in [0.2, 0.25) is 5.91 Å². The predicted octanol–water partition coefficient (Wildman–Crippen LogP) is 3.47. The van der Waals surface area contributed by atoms with Gasteiger partial charge in [0, 0.05) is 16.6 Å². The van der Waals surface area contributed by atoms with E-state index in [0.29, 0.717) is 10.2 Å². The molecular formula is C15H10ClN3O3S2. The van der Waals surface area contributed by atoms with Gasteiger partial charge in [0.15, 0.2) is 5.13 Å². The van der Waals surface area contributed by atoms with Crippen LogP contribution in [0.2, 0.25) is 5.02 Å². The summed E-state index contributed by atoms with van der Waals surface area (Å²) in [4.78, 5) is 41.3. The standard InChI is InChI=1S/C15H10ClN3O3S2/c16-10-3-1-9(2-4-10)7-11-13(21)19(15(22)24-11)8-12(20)18-14-17-5-6-23-14/h1-7H,8H2,(H,17,18,20). The van der Waals surface area contributed by atoms with Crippen molar-refractivity contribution in [2.24, 2.45) is 0 Å². The molecule has 3 amide bonds. The van der Waals surface area contributed by atoms with Crippen LogP contribution in [-0.4, -0.2) is 33.5 Å². The maximum Gasteiger partial charge on any atom is 0.294 e. The number of benzene rings is 1. The van der Waals surface area contributed by atoms with E-state index in [-0.39, 0.29) is 11.4 Å². The third kappa shape index (κ3) is 3.84. The zero-order chi connectivity index (χ0) is 17.1. The molecule has 0 spiro atoms. The number of nitrogens with one attached hydrogen (secondary N) is 1. The molecule has 1 saturated heterocycles. The Labute approximate surface area is 150 Å². The van der Waals surface area contributed by atoms with Crippen LogP contribution in [0.5, 0.6) is 0 Å². The van der Waals surface area contributed by atoms with E-state index in [1.165, 1.54) is 11.3 Å². The number of carbonyl (C=O) groups excluding carboxylic acids is 3. The highest BCUT2D eigenvalue weighted by Crippen LogP contribution is 2.32. The van der Waals surface area contributed by atoms with Gasteiger partial charge in [-0.25, -0.2) is 4.98 Å². The summed E-state index contributed by atoms with van der Waals surface area (Å²) >= 11 is 7.87. The minimum atomic E-state index is -0.491. The summed E-state index contributed by atoms with van der Waals surface area (Å²) in [7, 11) is 0. The van der Waals surface area contributed by atoms with Crippen molar-refractivity contribution in [2.45, 2.75) is 0 Å². The van der Waals surface area contributed by atoms with Crippen LogP contribution >= 0.6 is 34.7 Å². The first-order valence-electron chi connectivity index (χ1n) is 6.73. The number of amides is 3. The molecule has 1 fully saturated rings. The molecule has 0 unspecified atom stereocenters. The number of halogens is 1. The molecule has 0 atom stereocenters. The molecular weight excluding hydrogens is 370 g/mol. The van der Waals surface area contributed by atoms with Crippen LogP contribution in [0.1, 0.15) is 5.56 Å². The molecule has 0 radical (unpaired) electrons. The van der Waals surface area contributed by atoms with Crippen molar-refractivity contribution in [3.05, 3.63) is 51.3 Å². The van der Waals surface area contributed by atoms with Crippen molar-refractivity contribution in [2.75, 3.05) is 11.9 Å². The smallest absolute Gasteiger partial charge is 0.294 e. The first-order valence-corrected chi connectivity index (χ1v) is 8.80. The van der Waals surface area contributed by atoms with Crippen LogP contribution in [0, 0.1) is 0 Å². The van der Waals surface area contributed by atoms with Gasteiger partial charge in [0.05, 0.1) is 4.91 Å². The summed E-state index contributed by atoms with van der Waals surface area (Å²) in [6, 6.07) is 6.87. The lowest BCUT2D eigenvalue weighted by Crippen LogP contribution is -2.36. The van der Waals surface area contributed by atoms with E-state index in [4.69, 9.17) is 11.6 Å². The Morgan fingerprint density at radius 2 is 2.04 bits per heavy atom. The fraction of sp³-hybridized carbons (Fsp3) is 0.0667. The second-order valence-electron chi connectivity index (χ2n) is 4.70. The van der Waals surface area contributed by atoms with Gasteiger partial charge in [0.1, 0.15) is 6.54 Å². The minimum Gasteiger partial charge on any atom is -0.300 e. The third-order valence-electron chi connectivity index (χ3n) is 3.02. The monoisotopic (exact) mass is 379 g/mol. The Bertz CT molecular complexity index is 819. The molecule has 1 aromatic carbocycles. The Hall–Kier alpha value is -2.16. The number of carbonyl (C=O) groups is 3. The number of hydrogen-bond donors (Lipinski definition) is 1. The fourth-order valence-electron chi connectivity index (χ4n) is 1.93. The van der Waals surface area contributed by atoms with Crippen molar-refractivity contribution in [3.63, 3.8) is 0 Å². The van der Waals surface area contributed by atoms with Crippen LogP contribution in [0.3, 0.4) is 0 Å². The number of nitrogens with zero attached hydrogens (tertiary/aromatic N) is 2. The second kappa shape index (κ2) is 7.16. The molecule has 2 aromatic rings. The summed E-state index contributed by atoms with van der Waals surface area (Å²) < 4.78 is 0. The maximum atomic E-state index is 12.3. The van der Waals surface area contributed by atoms with Crippen molar-refractivity contribution < 1.29 is 14.4 Å². The van der Waals surface area contributed by atoms with Crippen LogP contribution in [0.4, 0.5) is 9.93 Å². The molecule has 1 aliphatic heterocycles. The topological polar surface area (TPSA) is 79.4 Å². The Balaban J connectivity index is 1.69. The first kappa shape index (κ1) is 16.7. The Morgan fingerprint density at radius 3 is 2.71 bits per heavy atom. The first-order chi connectivity index (χ1) is 11.5. The number of thioether (sulfide) groups is 1. The van der Waals surface area contributed by atoms with E-state index in [9.17, 15) is 14.4 Å². The molecule has 1 N–H and O–H groups in total. The lowest BCUT2D eigenvalue weighted by atomic mass is 10.2. The number of rotatable bonds is 4. The average Bonchev–Trinajstić information content (AvgIpc) is 3.14. The molecule has 122 valence electrons. The summed E-state index contributed by atoms with van der Waals surface area (Å²) in [5, 5.41) is 4.78. The summed E-state index contributed by atoms with van der Waals surface area (Å²) in [6.07, 6.45) is 3.15. The molecule has 9 heteroatoms. The van der Waals surface area contributed by atoms with Crippen LogP contribution in [0.15, 0.2) is 40.7 Å². The number of hydrogen-bond acceptors (Lipinski definition) is 6. The zero-order valence-corrected chi connectivity index (χ0v) is 14.5. The highest BCUT2D eigenvalue weighted by atomic mass is 35.5. The van der Waals surface area contributed by atoms with Crippen molar-refractivity contribution in [1.82, 2.24) is 9.88 Å². The SMILES string of the molecule is O=C(CN1C(=O)SC(=Cc2ccc(Cl)cc2)C1=O)Nc1nccs1. The van der Waals surface area contributed by atoms with E-state index in [1.54, 1.807) is 41.9 Å². The second-order valence-corrected chi connectivity index (χ2v) is 7.03. The van der Waals surface area contributed by atoms with Gasteiger partial charge >= 0.3 is 0 Å². The van der Waals surface area contributed by atoms with E-state index < -0.39 is 17.1 Å². The third-order valence-corrected chi connectivity index (χ3v) is 4.87. The van der Waals surface area contributed by atoms with Gasteiger partial charge in [-0.1, -0.05) is 23.7 Å². The van der Waals surface area contributed by atoms with E-state index >= 15 is 0 Å². The normalized spacial score (nSPS) is 16.0. The largest absolute Gasteiger partial charge is 0.300 e. The molecule has 3 rings (SSSR count). The summed E-state index contributed by atoms with van der Waals surface area (Å²) in [5.74, 6) is -0.964. The number of imide groups is 1. The van der Waals surface area contributed by atoms with E-state index in [2.05, 4.69) is 10.3 Å². The van der Waals surface area contributed by atoms with Crippen molar-refractivity contribution in [1.29, 1.82) is 0 Å². The quantitative estimate of drug-likeness (QED) is 0.823. The van der Waals surface area contributed by atoms with Crippen LogP contribution < -0.4 is 5.32 Å². The number of anilines is 1. The fourth-order valence-corrected chi connectivity index (χ4v) is 3.44. The molecule has 6 nitrogen and oxygen atoms in total. The van der Waals surface area contributed by atoms with Crippen LogP contribution in [0.25, 0.3) is 6.08 Å². The lowest BCUT2D eigenvalue weighted by Gasteiger charge is -2.11. The van der Waals surface area contributed by atoms with Gasteiger partial charge in [0.25, 0.3) is 11.1 Å². The summed E-state index contributed by atoms with van der Waals surface area (Å²) in [6.45, 7) is -0.345. The van der Waals surface area contributed by atoms with E-state index in [1.807, 2.05) is 0 Å². The average molecular weight is 380 g/mol. The molecule has 1 aromatic heterocycles. The van der Waals surface area contributed by atoms with Crippen molar-refractivity contribution in [3.8, 4) is 0 Å². The molecule has 1 aliphatic rings. The molecule has 0 aliphatic carbocycles. The molecule has 0 bridgehead atoms. The molecule has 0 saturated carbocycles. The minimum absolute atomic E-state index is 0.268. The van der Waals surface area contributed by atoms with Gasteiger partial charge in [-0.05, 0) is 35.5 Å². The predicted molar refractivity (Wildman–Crippen MR) is 94.9 cm³/mol. The maximum absolute atomic E-state index is 12.3. The van der Waals surface area contributed by atoms with Crippen LogP contribution in [-0.2, 0) is 9.59 Å². The van der Waals surface area contributed by atoms with Gasteiger partial charge in [-0.2, -0.15) is 0 Å². The lowest BCUT2D eigenvalue weighted by molar-refractivity contribution is -0.127. The van der Waals surface area contributed by atoms with E-state index in [0.717, 1.165) is 22.2 Å². The van der Waals surface area contributed by atoms with Gasteiger partial charge in [-0.3, -0.25) is 19.3 Å². The highest BCUT2D eigenvalue weighted by molar-refractivity contribution is 8.18. The van der Waals surface area contributed by atoms with Crippen molar-refractivity contribution >= 4 is 63.0 Å². The molecule has 2 heterocycles. The summed E-state index contributed by atoms with van der Waals surface area (Å²) in [5.41, 5.74) is 0.747. The molecule has 24 heavy (non-hydrogen) atoms. The highest BCUT2D eigenvalue weighted by Gasteiger charge is 2.36. The number of aromatic nitrogens is 1. The Kier molecular flexibility index (Phi) is 4.98. The zero-order valence-electron chi connectivity index (χ0n) is 12.1. The Morgan fingerprint density at radius 1 is 1.29 bits per heavy atom. The number of thiazole rings is 1.